The normalized spacial score (nSPS) is 11.3. The fraction of sp³-hybridized carbons (Fsp3) is 0.222. The molecule has 1 aliphatic rings. The number of nitro benzene ring substituents is 4. The highest BCUT2D eigenvalue weighted by atomic mass is 16.6. The van der Waals surface area contributed by atoms with E-state index < -0.39 is 48.4 Å². The summed E-state index contributed by atoms with van der Waals surface area (Å²) in [7, 11) is 0. The van der Waals surface area contributed by atoms with Crippen molar-refractivity contribution in [1.82, 2.24) is 0 Å². The molecule has 2 aromatic rings. The fourth-order valence-electron chi connectivity index (χ4n) is 3.34. The lowest BCUT2D eigenvalue weighted by molar-refractivity contribution is -0.395. The van der Waals surface area contributed by atoms with Crippen LogP contribution in [-0.2, 0) is 14.4 Å². The van der Waals surface area contributed by atoms with Crippen molar-refractivity contribution in [2.24, 2.45) is 5.16 Å². The van der Waals surface area contributed by atoms with Gasteiger partial charge in [0.25, 0.3) is 22.7 Å². The molecule has 176 valence electrons. The van der Waals surface area contributed by atoms with Crippen molar-refractivity contribution >= 4 is 34.4 Å². The molecule has 0 atom stereocenters. The first kappa shape index (κ1) is 23.6. The maximum atomic E-state index is 11.7. The number of oxime groups is 1. The summed E-state index contributed by atoms with van der Waals surface area (Å²) in [5, 5.41) is 49.8. The average Bonchev–Trinajstić information content (AvgIpc) is 3.08. The monoisotopic (exact) mass is 475 g/mol. The van der Waals surface area contributed by atoms with Crippen LogP contribution in [0.2, 0.25) is 0 Å². The molecule has 0 bridgehead atoms. The highest BCUT2D eigenvalue weighted by molar-refractivity contribution is 6.27. The summed E-state index contributed by atoms with van der Waals surface area (Å²) in [5.74, 6) is -0.618. The first-order valence-corrected chi connectivity index (χ1v) is 9.37. The second kappa shape index (κ2) is 9.23. The third-order valence-corrected chi connectivity index (χ3v) is 4.64. The van der Waals surface area contributed by atoms with Crippen LogP contribution in [0.5, 0.6) is 0 Å². The number of rotatable bonds is 9. The quantitative estimate of drug-likeness (QED) is 0.189. The minimum atomic E-state index is -0.967. The summed E-state index contributed by atoms with van der Waals surface area (Å²) in [4.78, 5) is 58.8. The van der Waals surface area contributed by atoms with Crippen molar-refractivity contribution in [3.05, 3.63) is 75.8 Å². The summed E-state index contributed by atoms with van der Waals surface area (Å²) >= 11 is 0. The van der Waals surface area contributed by atoms with Gasteiger partial charge in [0.05, 0.1) is 56.0 Å². The lowest BCUT2D eigenvalue weighted by Gasteiger charge is -2.04. The second-order valence-electron chi connectivity index (χ2n) is 6.63. The zero-order valence-corrected chi connectivity index (χ0v) is 17.2. The van der Waals surface area contributed by atoms with Gasteiger partial charge in [-0.05, 0) is 6.92 Å². The molecular weight excluding hydrogens is 462 g/mol. The van der Waals surface area contributed by atoms with Gasteiger partial charge < -0.3 is 9.57 Å². The lowest BCUT2D eigenvalue weighted by atomic mass is 10.0. The van der Waals surface area contributed by atoms with Crippen LogP contribution >= 0.6 is 0 Å². The number of nitrogens with zero attached hydrogens (tertiary/aromatic N) is 5. The Morgan fingerprint density at radius 3 is 1.68 bits per heavy atom. The predicted octanol–water partition coefficient (Wildman–Crippen LogP) is 3.02. The number of hydrogen-bond donors (Lipinski definition) is 0. The molecule has 2 aromatic carbocycles. The van der Waals surface area contributed by atoms with Crippen LogP contribution in [0.1, 0.15) is 24.5 Å². The van der Waals surface area contributed by atoms with E-state index in [2.05, 4.69) is 5.16 Å². The molecule has 0 saturated carbocycles. The lowest BCUT2D eigenvalue weighted by Crippen LogP contribution is -2.08. The van der Waals surface area contributed by atoms with Crippen LogP contribution in [0.4, 0.5) is 22.7 Å². The number of nitro groups is 4. The smallest absolute Gasteiger partial charge is 0.309 e. The van der Waals surface area contributed by atoms with Gasteiger partial charge in [0.1, 0.15) is 12.3 Å². The van der Waals surface area contributed by atoms with Crippen LogP contribution in [0, 0.1) is 40.5 Å². The maximum Gasteiger partial charge on any atom is 0.309 e. The van der Waals surface area contributed by atoms with Gasteiger partial charge in [0, 0.05) is 23.3 Å². The van der Waals surface area contributed by atoms with Crippen molar-refractivity contribution in [3.63, 3.8) is 0 Å². The highest BCUT2D eigenvalue weighted by Gasteiger charge is 2.41. The molecule has 0 amide bonds. The third-order valence-electron chi connectivity index (χ3n) is 4.64. The fourth-order valence-corrected chi connectivity index (χ4v) is 3.34. The van der Waals surface area contributed by atoms with Crippen LogP contribution in [0.15, 0.2) is 29.4 Å². The molecule has 0 heterocycles. The van der Waals surface area contributed by atoms with Crippen LogP contribution in [-0.4, -0.2) is 44.6 Å². The molecule has 0 unspecified atom stereocenters. The minimum Gasteiger partial charge on any atom is -0.466 e. The molecule has 0 radical (unpaired) electrons. The maximum absolute atomic E-state index is 11.7. The SMILES string of the molecule is CCOC(=O)CCON=C1c2cc([N+](=O)[O-])cc([N+](=O)[O-])c2-c2c1cc([N+](=O)[O-])cc2[N+](=O)[O-]. The molecule has 16 nitrogen and oxygen atoms in total. The Bertz CT molecular complexity index is 1200. The summed E-state index contributed by atoms with van der Waals surface area (Å²) < 4.78 is 4.73. The van der Waals surface area contributed by atoms with Gasteiger partial charge in [-0.3, -0.25) is 45.3 Å². The Balaban J connectivity index is 2.28. The molecule has 0 spiro atoms. The molecule has 34 heavy (non-hydrogen) atoms. The van der Waals surface area contributed by atoms with Crippen molar-refractivity contribution < 1.29 is 34.1 Å². The summed E-state index contributed by atoms with van der Waals surface area (Å²) in [5.41, 5.74) is -4.72. The number of carbonyl (C=O) groups excluding carboxylic acids is 1. The van der Waals surface area contributed by atoms with E-state index in [4.69, 9.17) is 9.57 Å². The van der Waals surface area contributed by atoms with E-state index >= 15 is 0 Å². The predicted molar refractivity (Wildman–Crippen MR) is 111 cm³/mol. The third kappa shape index (κ3) is 4.31. The zero-order valence-electron chi connectivity index (χ0n) is 17.2. The van der Waals surface area contributed by atoms with Crippen molar-refractivity contribution in [2.45, 2.75) is 13.3 Å². The van der Waals surface area contributed by atoms with Crippen LogP contribution in [0.3, 0.4) is 0 Å². The summed E-state index contributed by atoms with van der Waals surface area (Å²) in [6.45, 7) is 1.38. The number of carbonyl (C=O) groups is 1. The van der Waals surface area contributed by atoms with E-state index in [1.54, 1.807) is 6.92 Å². The van der Waals surface area contributed by atoms with Gasteiger partial charge in [-0.1, -0.05) is 5.16 Å². The van der Waals surface area contributed by atoms with Gasteiger partial charge >= 0.3 is 5.97 Å². The van der Waals surface area contributed by atoms with Gasteiger partial charge in [-0.15, -0.1) is 0 Å². The van der Waals surface area contributed by atoms with Crippen molar-refractivity contribution in [1.29, 1.82) is 0 Å². The largest absolute Gasteiger partial charge is 0.466 e. The summed E-state index contributed by atoms with van der Waals surface area (Å²) in [6.07, 6.45) is -0.242. The van der Waals surface area contributed by atoms with E-state index in [9.17, 15) is 45.3 Å². The molecular formula is C18H13N5O11. The van der Waals surface area contributed by atoms with Gasteiger partial charge in [-0.25, -0.2) is 0 Å². The van der Waals surface area contributed by atoms with Gasteiger partial charge in [0.15, 0.2) is 0 Å². The van der Waals surface area contributed by atoms with Gasteiger partial charge in [-0.2, -0.15) is 0 Å². The molecule has 16 heteroatoms. The first-order valence-electron chi connectivity index (χ1n) is 9.37. The molecule has 3 rings (SSSR count). The number of esters is 1. The van der Waals surface area contributed by atoms with Gasteiger partial charge in [0.2, 0.25) is 0 Å². The van der Waals surface area contributed by atoms with E-state index in [1.165, 1.54) is 0 Å². The van der Waals surface area contributed by atoms with E-state index in [-0.39, 0.29) is 47.6 Å². The number of fused-ring (bicyclic) bond motifs is 3. The molecule has 0 N–H and O–H groups in total. The number of non-ortho nitro benzene ring substituents is 2. The average molecular weight is 475 g/mol. The van der Waals surface area contributed by atoms with E-state index in [0.717, 1.165) is 12.1 Å². The van der Waals surface area contributed by atoms with E-state index in [1.807, 2.05) is 0 Å². The van der Waals surface area contributed by atoms with E-state index in [0.29, 0.717) is 12.1 Å². The molecule has 0 saturated heterocycles. The standard InChI is InChI=1S/C18H13N5O11/c1-2-33-15(24)3-4-34-19-18-11-5-9(20(25)26)7-13(22(29)30)16(11)17-12(18)6-10(21(27)28)8-14(17)23(31)32/h5-8H,2-4H2,1H3. The van der Waals surface area contributed by atoms with Crippen molar-refractivity contribution in [3.8, 4) is 11.1 Å². The molecule has 0 aromatic heterocycles. The summed E-state index contributed by atoms with van der Waals surface area (Å²) in [6, 6.07) is 3.04. The number of hydrogen-bond acceptors (Lipinski definition) is 12. The van der Waals surface area contributed by atoms with Crippen molar-refractivity contribution in [2.75, 3.05) is 13.2 Å². The minimum absolute atomic E-state index is 0.120. The molecule has 0 aliphatic heterocycles. The highest BCUT2D eigenvalue weighted by Crippen LogP contribution is 2.50. The topological polar surface area (TPSA) is 220 Å². The second-order valence-corrected chi connectivity index (χ2v) is 6.63. The Morgan fingerprint density at radius 1 is 0.824 bits per heavy atom. The Labute approximate surface area is 188 Å². The zero-order chi connectivity index (χ0) is 25.2. The Morgan fingerprint density at radius 2 is 1.29 bits per heavy atom. The molecule has 1 aliphatic carbocycles. The number of benzene rings is 2. The van der Waals surface area contributed by atoms with Crippen LogP contribution in [0.25, 0.3) is 11.1 Å². The first-order chi connectivity index (χ1) is 16.1. The molecule has 0 fully saturated rings. The van der Waals surface area contributed by atoms with Crippen LogP contribution < -0.4 is 0 Å². The Kier molecular flexibility index (Phi) is 6.42. The Hall–Kier alpha value is -5.02. The number of ether oxygens (including phenoxy) is 1.